The highest BCUT2D eigenvalue weighted by Gasteiger charge is 2.32. The minimum Gasteiger partial charge on any atom is -0.434 e. The summed E-state index contributed by atoms with van der Waals surface area (Å²) in [6.45, 7) is 4.93. The fraction of sp³-hybridized carbons (Fsp3) is 0.875. The first-order valence-corrected chi connectivity index (χ1v) is 3.94. The van der Waals surface area contributed by atoms with Gasteiger partial charge in [-0.3, -0.25) is 4.79 Å². The summed E-state index contributed by atoms with van der Waals surface area (Å²) in [6.07, 6.45) is -0.676. The zero-order valence-electron chi connectivity index (χ0n) is 8.71. The standard InChI is InChI=1S/C8H17NO4/c1-6(10)13-7(11-4)8(2,3)9-12-5/h7,9H,1-5H3. The molecule has 5 heteroatoms. The summed E-state index contributed by atoms with van der Waals surface area (Å²) in [7, 11) is 2.95. The maximum absolute atomic E-state index is 10.7. The fourth-order valence-corrected chi connectivity index (χ4v) is 0.952. The van der Waals surface area contributed by atoms with E-state index in [-0.39, 0.29) is 0 Å². The molecule has 0 aliphatic heterocycles. The smallest absolute Gasteiger partial charge is 0.305 e. The molecule has 13 heavy (non-hydrogen) atoms. The highest BCUT2D eigenvalue weighted by molar-refractivity contribution is 5.66. The normalized spacial score (nSPS) is 13.9. The van der Waals surface area contributed by atoms with E-state index in [9.17, 15) is 4.79 Å². The Morgan fingerprint density at radius 3 is 2.23 bits per heavy atom. The van der Waals surface area contributed by atoms with E-state index in [1.807, 2.05) is 0 Å². The largest absolute Gasteiger partial charge is 0.434 e. The Hall–Kier alpha value is -0.650. The average Bonchev–Trinajstić information content (AvgIpc) is 1.99. The highest BCUT2D eigenvalue weighted by atomic mass is 16.7. The number of methoxy groups -OCH3 is 1. The number of hydrogen-bond acceptors (Lipinski definition) is 5. The van der Waals surface area contributed by atoms with E-state index < -0.39 is 17.8 Å². The van der Waals surface area contributed by atoms with Crippen molar-refractivity contribution < 1.29 is 19.1 Å². The van der Waals surface area contributed by atoms with Crippen molar-refractivity contribution in [3.63, 3.8) is 0 Å². The number of nitrogens with one attached hydrogen (secondary N) is 1. The van der Waals surface area contributed by atoms with Crippen LogP contribution in [0.1, 0.15) is 20.8 Å². The van der Waals surface area contributed by atoms with Crippen molar-refractivity contribution in [3.8, 4) is 0 Å². The molecule has 0 rings (SSSR count). The van der Waals surface area contributed by atoms with Crippen LogP contribution in [0.3, 0.4) is 0 Å². The number of ether oxygens (including phenoxy) is 2. The second kappa shape index (κ2) is 5.16. The summed E-state index contributed by atoms with van der Waals surface area (Å²) in [5.74, 6) is -0.391. The number of carbonyl (C=O) groups excluding carboxylic acids is 1. The van der Waals surface area contributed by atoms with Crippen LogP contribution in [-0.2, 0) is 19.1 Å². The third-order valence-electron chi connectivity index (χ3n) is 1.44. The van der Waals surface area contributed by atoms with E-state index in [2.05, 4.69) is 5.48 Å². The van der Waals surface area contributed by atoms with Crippen LogP contribution in [0.25, 0.3) is 0 Å². The molecule has 0 amide bonds. The molecule has 0 aromatic rings. The Bertz CT molecular complexity index is 170. The lowest BCUT2D eigenvalue weighted by atomic mass is 10.1. The van der Waals surface area contributed by atoms with Crippen LogP contribution in [-0.4, -0.2) is 32.0 Å². The number of esters is 1. The van der Waals surface area contributed by atoms with Crippen LogP contribution in [0, 0.1) is 0 Å². The molecule has 0 saturated carbocycles. The van der Waals surface area contributed by atoms with Gasteiger partial charge in [0.15, 0.2) is 0 Å². The molecule has 0 heterocycles. The van der Waals surface area contributed by atoms with Crippen LogP contribution in [0.5, 0.6) is 0 Å². The number of hydrogen-bond donors (Lipinski definition) is 1. The summed E-state index contributed by atoms with van der Waals surface area (Å²) < 4.78 is 9.91. The molecule has 0 aliphatic rings. The monoisotopic (exact) mass is 191 g/mol. The Morgan fingerprint density at radius 2 is 1.92 bits per heavy atom. The van der Waals surface area contributed by atoms with E-state index in [0.29, 0.717) is 0 Å². The molecule has 0 saturated heterocycles. The van der Waals surface area contributed by atoms with Crippen molar-refractivity contribution in [2.45, 2.75) is 32.6 Å². The number of rotatable bonds is 5. The minimum absolute atomic E-state index is 0.391. The molecule has 78 valence electrons. The first kappa shape index (κ1) is 12.3. The molecule has 0 radical (unpaired) electrons. The quantitative estimate of drug-likeness (QED) is 0.388. The Kier molecular flexibility index (Phi) is 4.90. The predicted octanol–water partition coefficient (Wildman–Crippen LogP) is 0.452. The summed E-state index contributed by atoms with van der Waals surface area (Å²) in [5, 5.41) is 0. The van der Waals surface area contributed by atoms with Crippen LogP contribution in [0.4, 0.5) is 0 Å². The van der Waals surface area contributed by atoms with E-state index in [0.717, 1.165) is 0 Å². The van der Waals surface area contributed by atoms with Crippen molar-refractivity contribution in [1.29, 1.82) is 0 Å². The molecule has 0 aromatic carbocycles. The van der Waals surface area contributed by atoms with Crippen molar-refractivity contribution in [2.24, 2.45) is 0 Å². The molecule has 1 unspecified atom stereocenters. The molecule has 1 atom stereocenters. The molecule has 0 aliphatic carbocycles. The van der Waals surface area contributed by atoms with E-state index in [1.165, 1.54) is 21.1 Å². The predicted molar refractivity (Wildman–Crippen MR) is 46.8 cm³/mol. The van der Waals surface area contributed by atoms with E-state index >= 15 is 0 Å². The lowest BCUT2D eigenvalue weighted by Gasteiger charge is -2.31. The van der Waals surface area contributed by atoms with Crippen LogP contribution < -0.4 is 5.48 Å². The van der Waals surface area contributed by atoms with Crippen LogP contribution in [0.2, 0.25) is 0 Å². The number of carbonyl (C=O) groups is 1. The summed E-state index contributed by atoms with van der Waals surface area (Å²) in [5.41, 5.74) is 2.09. The first-order chi connectivity index (χ1) is 5.94. The molecular formula is C8H17NO4. The van der Waals surface area contributed by atoms with Gasteiger partial charge in [0.25, 0.3) is 0 Å². The Labute approximate surface area is 78.3 Å². The molecule has 0 fully saturated rings. The van der Waals surface area contributed by atoms with Gasteiger partial charge < -0.3 is 14.3 Å². The summed E-state index contributed by atoms with van der Waals surface area (Å²) >= 11 is 0. The Balaban J connectivity index is 4.27. The molecule has 1 N–H and O–H groups in total. The van der Waals surface area contributed by atoms with Gasteiger partial charge in [-0.05, 0) is 13.8 Å². The first-order valence-electron chi connectivity index (χ1n) is 3.94. The second-order valence-electron chi connectivity index (χ2n) is 3.20. The minimum atomic E-state index is -0.676. The third-order valence-corrected chi connectivity index (χ3v) is 1.44. The van der Waals surface area contributed by atoms with Crippen molar-refractivity contribution in [1.82, 2.24) is 5.48 Å². The van der Waals surface area contributed by atoms with Gasteiger partial charge in [0, 0.05) is 14.0 Å². The van der Waals surface area contributed by atoms with Crippen molar-refractivity contribution >= 4 is 5.97 Å². The lowest BCUT2D eigenvalue weighted by Crippen LogP contribution is -2.51. The maximum atomic E-state index is 10.7. The van der Waals surface area contributed by atoms with Gasteiger partial charge in [0.05, 0.1) is 12.6 Å². The summed E-state index contributed by atoms with van der Waals surface area (Å²) in [4.78, 5) is 15.4. The van der Waals surface area contributed by atoms with Crippen molar-refractivity contribution in [2.75, 3.05) is 14.2 Å². The topological polar surface area (TPSA) is 56.8 Å². The maximum Gasteiger partial charge on any atom is 0.305 e. The zero-order chi connectivity index (χ0) is 10.5. The van der Waals surface area contributed by atoms with Gasteiger partial charge in [-0.15, -0.1) is 0 Å². The van der Waals surface area contributed by atoms with Gasteiger partial charge in [0.2, 0.25) is 6.29 Å². The molecule has 5 nitrogen and oxygen atoms in total. The zero-order valence-corrected chi connectivity index (χ0v) is 8.71. The molecule has 0 bridgehead atoms. The fourth-order valence-electron chi connectivity index (χ4n) is 0.952. The highest BCUT2D eigenvalue weighted by Crippen LogP contribution is 2.13. The van der Waals surface area contributed by atoms with Crippen molar-refractivity contribution in [3.05, 3.63) is 0 Å². The van der Waals surface area contributed by atoms with Gasteiger partial charge in [0.1, 0.15) is 0 Å². The van der Waals surface area contributed by atoms with Gasteiger partial charge >= 0.3 is 5.97 Å². The van der Waals surface area contributed by atoms with Gasteiger partial charge in [-0.1, -0.05) is 0 Å². The Morgan fingerprint density at radius 1 is 1.38 bits per heavy atom. The van der Waals surface area contributed by atoms with Gasteiger partial charge in [-0.25, -0.2) is 0 Å². The average molecular weight is 191 g/mol. The van der Waals surface area contributed by atoms with Crippen LogP contribution >= 0.6 is 0 Å². The molecular weight excluding hydrogens is 174 g/mol. The van der Waals surface area contributed by atoms with Crippen LogP contribution in [0.15, 0.2) is 0 Å². The number of hydroxylamine groups is 1. The van der Waals surface area contributed by atoms with Gasteiger partial charge in [-0.2, -0.15) is 5.48 Å². The second-order valence-corrected chi connectivity index (χ2v) is 3.20. The SMILES string of the molecule is CONC(C)(C)C(OC)OC(C)=O. The van der Waals surface area contributed by atoms with E-state index in [1.54, 1.807) is 13.8 Å². The molecule has 0 spiro atoms. The van der Waals surface area contributed by atoms with E-state index in [4.69, 9.17) is 14.3 Å². The molecule has 0 aromatic heterocycles. The summed E-state index contributed by atoms with van der Waals surface area (Å²) in [6, 6.07) is 0. The lowest BCUT2D eigenvalue weighted by molar-refractivity contribution is -0.198. The third kappa shape index (κ3) is 4.21.